The summed E-state index contributed by atoms with van der Waals surface area (Å²) in [5, 5.41) is 4.13. The molecule has 2 nitrogen and oxygen atoms in total. The number of halogens is 2. The van der Waals surface area contributed by atoms with E-state index in [1.807, 2.05) is 0 Å². The fourth-order valence-corrected chi connectivity index (χ4v) is 2.57. The topological polar surface area (TPSA) is 24.4 Å². The Morgan fingerprint density at radius 3 is 2.71 bits per heavy atom. The van der Waals surface area contributed by atoms with Crippen molar-refractivity contribution >= 4 is 16.9 Å². The maximum absolute atomic E-state index is 13.0. The van der Waals surface area contributed by atoms with Crippen LogP contribution in [0, 0.1) is 11.6 Å². The Bertz CT molecular complexity index is 458. The number of hydrogen-bond donors (Lipinski definition) is 1. The number of nitrogens with zero attached hydrogens (tertiary/aromatic N) is 1. The van der Waals surface area contributed by atoms with Gasteiger partial charge < -0.3 is 5.32 Å². The fourth-order valence-electron chi connectivity index (χ4n) is 1.50. The first-order chi connectivity index (χ1) is 7.96. The van der Waals surface area contributed by atoms with Gasteiger partial charge in [-0.2, -0.15) is 0 Å². The molecule has 1 aliphatic rings. The molecular formula is C12H14F2N2S. The van der Waals surface area contributed by atoms with Crippen LogP contribution in [0.4, 0.5) is 8.78 Å². The zero-order valence-electron chi connectivity index (χ0n) is 9.76. The van der Waals surface area contributed by atoms with Crippen molar-refractivity contribution in [1.82, 2.24) is 5.32 Å². The number of thioether (sulfide) groups is 1. The normalized spacial score (nSPS) is 20.6. The Morgan fingerprint density at radius 1 is 1.35 bits per heavy atom. The highest BCUT2D eigenvalue weighted by atomic mass is 32.2. The molecule has 1 saturated heterocycles. The average molecular weight is 256 g/mol. The summed E-state index contributed by atoms with van der Waals surface area (Å²) in [5.41, 5.74) is 0.723. The fraction of sp³-hybridized carbons (Fsp3) is 0.417. The molecule has 0 saturated carbocycles. The van der Waals surface area contributed by atoms with Crippen LogP contribution < -0.4 is 5.32 Å². The van der Waals surface area contributed by atoms with Gasteiger partial charge in [-0.05, 0) is 31.5 Å². The Morgan fingerprint density at radius 2 is 2.12 bits per heavy atom. The van der Waals surface area contributed by atoms with Crippen molar-refractivity contribution in [2.24, 2.45) is 4.99 Å². The minimum atomic E-state index is -0.824. The van der Waals surface area contributed by atoms with E-state index in [9.17, 15) is 8.78 Å². The van der Waals surface area contributed by atoms with Crippen LogP contribution in [0.25, 0.3) is 0 Å². The monoisotopic (exact) mass is 256 g/mol. The number of benzene rings is 1. The van der Waals surface area contributed by atoms with E-state index in [4.69, 9.17) is 0 Å². The molecule has 0 spiro atoms. The van der Waals surface area contributed by atoms with Crippen LogP contribution in [-0.2, 0) is 6.54 Å². The molecule has 0 unspecified atom stereocenters. The second-order valence-corrected chi connectivity index (χ2v) is 5.63. The second-order valence-electron chi connectivity index (χ2n) is 4.67. The first kappa shape index (κ1) is 12.4. The highest BCUT2D eigenvalue weighted by molar-refractivity contribution is 8.14. The van der Waals surface area contributed by atoms with Crippen LogP contribution in [0.1, 0.15) is 19.4 Å². The van der Waals surface area contributed by atoms with Gasteiger partial charge in [0.15, 0.2) is 16.8 Å². The lowest BCUT2D eigenvalue weighted by molar-refractivity contribution is 0.507. The first-order valence-corrected chi connectivity index (χ1v) is 6.34. The summed E-state index contributed by atoms with van der Waals surface area (Å²) >= 11 is 1.65. The average Bonchev–Trinajstić information content (AvgIpc) is 2.60. The summed E-state index contributed by atoms with van der Waals surface area (Å²) in [6, 6.07) is 3.86. The van der Waals surface area contributed by atoms with Crippen molar-refractivity contribution < 1.29 is 8.78 Å². The summed E-state index contributed by atoms with van der Waals surface area (Å²) in [4.78, 5) is 4.34. The molecule has 0 aliphatic carbocycles. The van der Waals surface area contributed by atoms with E-state index in [1.54, 1.807) is 17.8 Å². The molecule has 92 valence electrons. The molecule has 0 atom stereocenters. The van der Waals surface area contributed by atoms with E-state index in [1.165, 1.54) is 6.07 Å². The lowest BCUT2D eigenvalue weighted by atomic mass is 10.1. The minimum Gasteiger partial charge on any atom is -0.359 e. The van der Waals surface area contributed by atoms with Crippen molar-refractivity contribution in [2.75, 3.05) is 5.75 Å². The Balaban J connectivity index is 2.03. The van der Waals surface area contributed by atoms with Crippen LogP contribution in [0.5, 0.6) is 0 Å². The van der Waals surface area contributed by atoms with Gasteiger partial charge in [-0.15, -0.1) is 0 Å². The summed E-state index contributed by atoms with van der Waals surface area (Å²) in [6.45, 7) is 4.56. The van der Waals surface area contributed by atoms with Gasteiger partial charge in [-0.25, -0.2) is 8.78 Å². The third-order valence-electron chi connectivity index (χ3n) is 2.40. The number of rotatable bonds is 2. The van der Waals surface area contributed by atoms with E-state index < -0.39 is 11.6 Å². The zero-order chi connectivity index (χ0) is 12.5. The molecule has 2 rings (SSSR count). The number of hydrogen-bond acceptors (Lipinski definition) is 2. The smallest absolute Gasteiger partial charge is 0.159 e. The van der Waals surface area contributed by atoms with Crippen LogP contribution in [-0.4, -0.2) is 16.5 Å². The molecule has 0 amide bonds. The number of aliphatic imine (C=N–C) groups is 1. The predicted octanol–water partition coefficient (Wildman–Crippen LogP) is 2.94. The van der Waals surface area contributed by atoms with Crippen LogP contribution in [0.2, 0.25) is 0 Å². The van der Waals surface area contributed by atoms with Gasteiger partial charge in [-0.3, -0.25) is 4.99 Å². The quantitative estimate of drug-likeness (QED) is 0.879. The summed E-state index contributed by atoms with van der Waals surface area (Å²) in [7, 11) is 0. The van der Waals surface area contributed by atoms with Gasteiger partial charge in [-0.1, -0.05) is 17.8 Å². The molecule has 1 heterocycles. The van der Waals surface area contributed by atoms with Crippen molar-refractivity contribution in [3.05, 3.63) is 35.4 Å². The van der Waals surface area contributed by atoms with Crippen LogP contribution in [0.15, 0.2) is 23.2 Å². The largest absolute Gasteiger partial charge is 0.359 e. The highest BCUT2D eigenvalue weighted by Crippen LogP contribution is 2.22. The van der Waals surface area contributed by atoms with Gasteiger partial charge in [0.2, 0.25) is 0 Å². The molecule has 5 heteroatoms. The van der Waals surface area contributed by atoms with E-state index in [2.05, 4.69) is 24.2 Å². The van der Waals surface area contributed by atoms with E-state index in [-0.39, 0.29) is 5.54 Å². The van der Waals surface area contributed by atoms with Crippen LogP contribution in [0.3, 0.4) is 0 Å². The molecule has 0 radical (unpaired) electrons. The molecule has 0 bridgehead atoms. The Kier molecular flexibility index (Phi) is 3.38. The molecular weight excluding hydrogens is 242 g/mol. The van der Waals surface area contributed by atoms with Crippen molar-refractivity contribution in [2.45, 2.75) is 25.9 Å². The van der Waals surface area contributed by atoms with Crippen LogP contribution >= 0.6 is 11.8 Å². The molecule has 1 fully saturated rings. The third kappa shape index (κ3) is 3.19. The first-order valence-electron chi connectivity index (χ1n) is 5.36. The maximum Gasteiger partial charge on any atom is 0.159 e. The van der Waals surface area contributed by atoms with E-state index in [0.717, 1.165) is 17.0 Å². The SMILES string of the molecule is CC1(C)CSC(=NCc2ccc(F)c(F)c2)N1. The van der Waals surface area contributed by atoms with Gasteiger partial charge >= 0.3 is 0 Å². The van der Waals surface area contributed by atoms with Crippen molar-refractivity contribution in [3.63, 3.8) is 0 Å². The second kappa shape index (κ2) is 4.64. The molecule has 0 aromatic heterocycles. The minimum absolute atomic E-state index is 0.0531. The van der Waals surface area contributed by atoms with E-state index >= 15 is 0 Å². The highest BCUT2D eigenvalue weighted by Gasteiger charge is 2.26. The summed E-state index contributed by atoms with van der Waals surface area (Å²) < 4.78 is 25.7. The Labute approximate surface area is 104 Å². The number of amidine groups is 1. The van der Waals surface area contributed by atoms with Gasteiger partial charge in [0.1, 0.15) is 0 Å². The lowest BCUT2D eigenvalue weighted by Gasteiger charge is -2.15. The predicted molar refractivity (Wildman–Crippen MR) is 67.2 cm³/mol. The molecule has 1 aliphatic heterocycles. The maximum atomic E-state index is 13.0. The Hall–Kier alpha value is -1.10. The lowest BCUT2D eigenvalue weighted by Crippen LogP contribution is -2.36. The molecule has 17 heavy (non-hydrogen) atoms. The number of nitrogens with one attached hydrogen (secondary N) is 1. The van der Waals surface area contributed by atoms with E-state index in [0.29, 0.717) is 12.1 Å². The molecule has 1 N–H and O–H groups in total. The van der Waals surface area contributed by atoms with Gasteiger partial charge in [0.05, 0.1) is 6.54 Å². The standard InChI is InChI=1S/C12H14F2N2S/c1-12(2)7-17-11(16-12)15-6-8-3-4-9(13)10(14)5-8/h3-5H,6-7H2,1-2H3,(H,15,16). The van der Waals surface area contributed by atoms with Gasteiger partial charge in [0, 0.05) is 11.3 Å². The molecule has 1 aromatic carbocycles. The summed E-state index contributed by atoms with van der Waals surface area (Å²) in [6.07, 6.45) is 0. The summed E-state index contributed by atoms with van der Waals surface area (Å²) in [5.74, 6) is -0.685. The van der Waals surface area contributed by atoms with Crippen molar-refractivity contribution in [3.8, 4) is 0 Å². The van der Waals surface area contributed by atoms with Crippen molar-refractivity contribution in [1.29, 1.82) is 0 Å². The zero-order valence-corrected chi connectivity index (χ0v) is 10.6. The molecule has 1 aromatic rings. The third-order valence-corrected chi connectivity index (χ3v) is 3.77. The van der Waals surface area contributed by atoms with Gasteiger partial charge in [0.25, 0.3) is 0 Å².